The summed E-state index contributed by atoms with van der Waals surface area (Å²) in [5.74, 6) is -0.366. The van der Waals surface area contributed by atoms with Gasteiger partial charge in [0.05, 0.1) is 18.4 Å². The van der Waals surface area contributed by atoms with Gasteiger partial charge in [-0.15, -0.1) is 0 Å². The highest BCUT2D eigenvalue weighted by atomic mass is 16.5. The quantitative estimate of drug-likeness (QED) is 0.638. The maximum absolute atomic E-state index is 11.3. The maximum atomic E-state index is 11.3. The second kappa shape index (κ2) is 7.35. The van der Waals surface area contributed by atoms with Gasteiger partial charge in [0, 0.05) is 25.1 Å². The van der Waals surface area contributed by atoms with Crippen LogP contribution in [-0.2, 0) is 17.7 Å². The number of rotatable bonds is 6. The summed E-state index contributed by atoms with van der Waals surface area (Å²) < 4.78 is 4.62. The number of carbonyl (C=O) groups is 1. The normalized spacial score (nSPS) is 10.2. The molecule has 0 radical (unpaired) electrons. The standard InChI is InChI=1S/C15H17N3O2/c1-20-15(19)13-2-3-14(18-10-13)11-17-9-6-12-4-7-16-8-5-12/h2-5,7-8,10,17H,6,9,11H2,1H3. The van der Waals surface area contributed by atoms with Crippen molar-refractivity contribution in [3.05, 3.63) is 59.7 Å². The van der Waals surface area contributed by atoms with Gasteiger partial charge in [0.15, 0.2) is 0 Å². The number of esters is 1. The molecule has 0 aliphatic heterocycles. The Balaban J connectivity index is 1.75. The number of aromatic nitrogens is 2. The molecule has 0 spiro atoms. The Labute approximate surface area is 118 Å². The molecule has 0 saturated carbocycles. The summed E-state index contributed by atoms with van der Waals surface area (Å²) >= 11 is 0. The summed E-state index contributed by atoms with van der Waals surface area (Å²) in [7, 11) is 1.36. The molecule has 0 bridgehead atoms. The second-order valence-electron chi connectivity index (χ2n) is 4.31. The van der Waals surface area contributed by atoms with E-state index in [2.05, 4.69) is 20.0 Å². The third kappa shape index (κ3) is 4.13. The zero-order valence-electron chi connectivity index (χ0n) is 11.4. The number of carbonyl (C=O) groups excluding carboxylic acids is 1. The largest absolute Gasteiger partial charge is 0.465 e. The van der Waals surface area contributed by atoms with Gasteiger partial charge in [-0.1, -0.05) is 0 Å². The van der Waals surface area contributed by atoms with Crippen molar-refractivity contribution in [3.63, 3.8) is 0 Å². The van der Waals surface area contributed by atoms with Crippen LogP contribution in [0.25, 0.3) is 0 Å². The van der Waals surface area contributed by atoms with Gasteiger partial charge in [0.25, 0.3) is 0 Å². The van der Waals surface area contributed by atoms with E-state index in [1.807, 2.05) is 18.2 Å². The SMILES string of the molecule is COC(=O)c1ccc(CNCCc2ccncc2)nc1. The third-order valence-electron chi connectivity index (χ3n) is 2.89. The lowest BCUT2D eigenvalue weighted by atomic mass is 10.2. The minimum absolute atomic E-state index is 0.366. The van der Waals surface area contributed by atoms with Gasteiger partial charge in [0.1, 0.15) is 0 Å². The molecule has 0 aliphatic carbocycles. The first-order valence-corrected chi connectivity index (χ1v) is 6.42. The molecule has 0 aromatic carbocycles. The van der Waals surface area contributed by atoms with Crippen molar-refractivity contribution in [2.24, 2.45) is 0 Å². The van der Waals surface area contributed by atoms with Crippen molar-refractivity contribution in [3.8, 4) is 0 Å². The van der Waals surface area contributed by atoms with Crippen molar-refractivity contribution in [1.82, 2.24) is 15.3 Å². The van der Waals surface area contributed by atoms with E-state index in [0.717, 1.165) is 18.7 Å². The number of hydrogen-bond donors (Lipinski definition) is 1. The molecule has 5 nitrogen and oxygen atoms in total. The molecule has 2 rings (SSSR count). The molecule has 0 amide bonds. The topological polar surface area (TPSA) is 64.1 Å². The Morgan fingerprint density at radius 2 is 2.05 bits per heavy atom. The fourth-order valence-corrected chi connectivity index (χ4v) is 1.77. The van der Waals surface area contributed by atoms with Gasteiger partial charge >= 0.3 is 5.97 Å². The smallest absolute Gasteiger partial charge is 0.339 e. The summed E-state index contributed by atoms with van der Waals surface area (Å²) in [5, 5.41) is 3.31. The monoisotopic (exact) mass is 271 g/mol. The molecule has 2 aromatic rings. The Hall–Kier alpha value is -2.27. The van der Waals surface area contributed by atoms with Gasteiger partial charge in [-0.3, -0.25) is 9.97 Å². The summed E-state index contributed by atoms with van der Waals surface area (Å²) in [4.78, 5) is 19.5. The molecule has 2 aromatic heterocycles. The van der Waals surface area contributed by atoms with E-state index in [1.165, 1.54) is 18.9 Å². The van der Waals surface area contributed by atoms with E-state index in [4.69, 9.17) is 0 Å². The van der Waals surface area contributed by atoms with Crippen LogP contribution in [0.4, 0.5) is 0 Å². The number of ether oxygens (including phenoxy) is 1. The first kappa shape index (κ1) is 14.1. The lowest BCUT2D eigenvalue weighted by Gasteiger charge is -2.05. The highest BCUT2D eigenvalue weighted by molar-refractivity contribution is 5.88. The highest BCUT2D eigenvalue weighted by Gasteiger charge is 2.04. The molecule has 5 heteroatoms. The third-order valence-corrected chi connectivity index (χ3v) is 2.89. The number of nitrogens with zero attached hydrogens (tertiary/aromatic N) is 2. The number of hydrogen-bond acceptors (Lipinski definition) is 5. The average Bonchev–Trinajstić information content (AvgIpc) is 2.52. The van der Waals surface area contributed by atoms with Crippen LogP contribution in [-0.4, -0.2) is 29.6 Å². The van der Waals surface area contributed by atoms with Crippen LogP contribution in [0.1, 0.15) is 21.6 Å². The molecule has 104 valence electrons. The van der Waals surface area contributed by atoms with Crippen LogP contribution >= 0.6 is 0 Å². The number of pyridine rings is 2. The molecule has 0 fully saturated rings. The van der Waals surface area contributed by atoms with Gasteiger partial charge in [0.2, 0.25) is 0 Å². The lowest BCUT2D eigenvalue weighted by Crippen LogP contribution is -2.17. The number of methoxy groups -OCH3 is 1. The fourth-order valence-electron chi connectivity index (χ4n) is 1.77. The summed E-state index contributed by atoms with van der Waals surface area (Å²) in [5.41, 5.74) is 2.61. The van der Waals surface area contributed by atoms with Crippen LogP contribution in [0.3, 0.4) is 0 Å². The minimum atomic E-state index is -0.366. The number of nitrogens with one attached hydrogen (secondary N) is 1. The molecule has 2 heterocycles. The van der Waals surface area contributed by atoms with E-state index in [9.17, 15) is 4.79 Å². The van der Waals surface area contributed by atoms with Crippen LogP contribution < -0.4 is 5.32 Å². The van der Waals surface area contributed by atoms with Gasteiger partial charge < -0.3 is 10.1 Å². The molecule has 20 heavy (non-hydrogen) atoms. The Bertz CT molecular complexity index is 541. The minimum Gasteiger partial charge on any atom is -0.465 e. The first-order chi connectivity index (χ1) is 9.79. The zero-order valence-corrected chi connectivity index (χ0v) is 11.4. The van der Waals surface area contributed by atoms with Gasteiger partial charge in [-0.2, -0.15) is 0 Å². The van der Waals surface area contributed by atoms with Crippen LogP contribution in [0.5, 0.6) is 0 Å². The van der Waals surface area contributed by atoms with E-state index in [0.29, 0.717) is 12.1 Å². The molecule has 1 N–H and O–H groups in total. The zero-order chi connectivity index (χ0) is 14.2. The van der Waals surface area contributed by atoms with Crippen LogP contribution in [0.15, 0.2) is 42.9 Å². The van der Waals surface area contributed by atoms with Gasteiger partial charge in [-0.25, -0.2) is 4.79 Å². The van der Waals surface area contributed by atoms with Crippen molar-refractivity contribution < 1.29 is 9.53 Å². The highest BCUT2D eigenvalue weighted by Crippen LogP contribution is 2.02. The Kier molecular flexibility index (Phi) is 5.20. The lowest BCUT2D eigenvalue weighted by molar-refractivity contribution is 0.0600. The van der Waals surface area contributed by atoms with E-state index in [-0.39, 0.29) is 5.97 Å². The molecule has 0 aliphatic rings. The summed E-state index contributed by atoms with van der Waals surface area (Å²) in [6.45, 7) is 1.54. The molecular weight excluding hydrogens is 254 g/mol. The van der Waals surface area contributed by atoms with E-state index in [1.54, 1.807) is 18.5 Å². The maximum Gasteiger partial charge on any atom is 0.339 e. The molecule has 0 saturated heterocycles. The second-order valence-corrected chi connectivity index (χ2v) is 4.31. The van der Waals surface area contributed by atoms with Crippen molar-refractivity contribution in [2.75, 3.05) is 13.7 Å². The predicted octanol–water partition coefficient (Wildman–Crippen LogP) is 1.60. The average molecular weight is 271 g/mol. The Morgan fingerprint density at radius 3 is 2.70 bits per heavy atom. The van der Waals surface area contributed by atoms with Crippen LogP contribution in [0, 0.1) is 0 Å². The van der Waals surface area contributed by atoms with Crippen molar-refractivity contribution in [2.45, 2.75) is 13.0 Å². The molecular formula is C15H17N3O2. The summed E-state index contributed by atoms with van der Waals surface area (Å²) in [6, 6.07) is 7.56. The van der Waals surface area contributed by atoms with Crippen molar-refractivity contribution >= 4 is 5.97 Å². The molecule has 0 unspecified atom stereocenters. The summed E-state index contributed by atoms with van der Waals surface area (Å²) in [6.07, 6.45) is 6.07. The Morgan fingerprint density at radius 1 is 1.25 bits per heavy atom. The fraction of sp³-hybridized carbons (Fsp3) is 0.267. The first-order valence-electron chi connectivity index (χ1n) is 6.42. The molecule has 0 atom stereocenters. The van der Waals surface area contributed by atoms with Crippen molar-refractivity contribution in [1.29, 1.82) is 0 Å². The van der Waals surface area contributed by atoms with Crippen LogP contribution in [0.2, 0.25) is 0 Å². The van der Waals surface area contributed by atoms with E-state index < -0.39 is 0 Å². The predicted molar refractivity (Wildman–Crippen MR) is 75.2 cm³/mol. The van der Waals surface area contributed by atoms with Gasteiger partial charge in [-0.05, 0) is 42.8 Å². The van der Waals surface area contributed by atoms with E-state index >= 15 is 0 Å².